The number of allylic oxidation sites excluding steroid dienone is 2. The molecule has 16 heteroatoms. The Kier molecular flexibility index (Phi) is 10.5. The van der Waals surface area contributed by atoms with E-state index in [1.807, 2.05) is 25.3 Å². The Hall–Kier alpha value is -4.68. The Morgan fingerprint density at radius 3 is 2.67 bits per heavy atom. The van der Waals surface area contributed by atoms with Crippen LogP contribution in [0.3, 0.4) is 0 Å². The summed E-state index contributed by atoms with van der Waals surface area (Å²) in [5, 5.41) is 57.7. The van der Waals surface area contributed by atoms with E-state index in [0.717, 1.165) is 17.7 Å². The van der Waals surface area contributed by atoms with Crippen molar-refractivity contribution in [3.8, 4) is 5.75 Å². The number of aryl methyl sites for hydroxylation is 1. The normalized spacial score (nSPS) is 27.3. The maximum atomic E-state index is 13.6. The van der Waals surface area contributed by atoms with E-state index in [1.54, 1.807) is 36.4 Å². The molecule has 6 aliphatic heterocycles. The van der Waals surface area contributed by atoms with Crippen molar-refractivity contribution in [1.29, 1.82) is 0 Å². The number of rotatable bonds is 15. The Morgan fingerprint density at radius 2 is 1.91 bits per heavy atom. The van der Waals surface area contributed by atoms with Crippen LogP contribution in [0.2, 0.25) is 0 Å². The monoisotopic (exact) mass is 787 g/mol. The summed E-state index contributed by atoms with van der Waals surface area (Å²) in [6.07, 6.45) is 6.84. The van der Waals surface area contributed by atoms with Crippen LogP contribution < -0.4 is 20.4 Å². The molecule has 16 nitrogen and oxygen atoms in total. The van der Waals surface area contributed by atoms with Gasteiger partial charge in [0, 0.05) is 61.8 Å². The smallest absolute Gasteiger partial charge is 0.220 e. The average molecular weight is 788 g/mol. The number of carbonyl (C=O) groups excluding carboxylic acids is 1. The second-order valence-corrected chi connectivity index (χ2v) is 16.0. The number of hydrogen-bond donors (Lipinski definition) is 6. The van der Waals surface area contributed by atoms with Gasteiger partial charge in [0.25, 0.3) is 0 Å². The third kappa shape index (κ3) is 7.02. The Labute approximate surface area is 328 Å². The van der Waals surface area contributed by atoms with Crippen LogP contribution in [0.1, 0.15) is 50.9 Å². The highest BCUT2D eigenvalue weighted by molar-refractivity contribution is 5.96. The number of aliphatic hydroxyl groups excluding tert-OH is 4. The van der Waals surface area contributed by atoms with Gasteiger partial charge in [-0.3, -0.25) is 19.6 Å². The summed E-state index contributed by atoms with van der Waals surface area (Å²) in [6.45, 7) is 4.72. The van der Waals surface area contributed by atoms with Crippen molar-refractivity contribution in [2.24, 2.45) is 15.9 Å². The van der Waals surface area contributed by atoms with Crippen molar-refractivity contribution in [3.05, 3.63) is 80.8 Å². The molecule has 1 saturated heterocycles. The van der Waals surface area contributed by atoms with Gasteiger partial charge in [-0.15, -0.1) is 0 Å². The van der Waals surface area contributed by atoms with Gasteiger partial charge in [0.2, 0.25) is 5.91 Å². The fourth-order valence-corrected chi connectivity index (χ4v) is 8.78. The van der Waals surface area contributed by atoms with Gasteiger partial charge in [0.15, 0.2) is 16.8 Å². The van der Waals surface area contributed by atoms with Gasteiger partial charge >= 0.3 is 0 Å². The number of amides is 1. The topological polar surface area (TPSA) is 219 Å². The SMILES string of the molecule is CCC1C2=CC=NC2=CN1c1c2c(cc3c(=O)cc(C)oc13)CC(OOCC(O)C(O)(CN1CC=C3N=CC=C31)C(O)C(O)CO)C(C)(CCC1CNC(=O)C1)O2. The Morgan fingerprint density at radius 1 is 1.12 bits per heavy atom. The molecule has 0 bridgehead atoms. The fourth-order valence-electron chi connectivity index (χ4n) is 8.78. The molecule has 6 N–H and O–H groups in total. The molecule has 0 spiro atoms. The summed E-state index contributed by atoms with van der Waals surface area (Å²) in [6, 6.07) is 3.09. The van der Waals surface area contributed by atoms with Crippen molar-refractivity contribution in [2.75, 3.05) is 37.7 Å². The van der Waals surface area contributed by atoms with E-state index in [-0.39, 0.29) is 36.3 Å². The number of carbonyl (C=O) groups is 1. The van der Waals surface area contributed by atoms with Gasteiger partial charge in [-0.25, -0.2) is 9.78 Å². The third-order valence-corrected chi connectivity index (χ3v) is 12.1. The molecular weight excluding hydrogens is 738 g/mol. The van der Waals surface area contributed by atoms with E-state index in [4.69, 9.17) is 18.9 Å². The van der Waals surface area contributed by atoms with Gasteiger partial charge in [0.05, 0.1) is 41.7 Å². The van der Waals surface area contributed by atoms with E-state index in [9.17, 15) is 35.1 Å². The standard InChI is InChI=1S/C41H49N5O11/c1-4-29-25-6-10-43-28(25)18-46(29)36-37-24(15-26-31(48)13-22(2)55-38(26)36)16-34(40(3,56-37)9-5-23-14-35(51)44-17-23)57-54-20-33(50)41(53,39(52)32(49)19-47)21-45-12-8-27-30(45)7-11-42-27/h6-8,10-11,13,15,18,23,29,32-34,39,47,49-50,52-53H,4-5,9,12,14,16-17,19-21H2,1-3H3,(H,44,51). The average Bonchev–Trinajstić information content (AvgIpc) is 4.03. The summed E-state index contributed by atoms with van der Waals surface area (Å²) in [7, 11) is 0. The number of nitrogens with zero attached hydrogens (tertiary/aromatic N) is 4. The molecule has 2 aromatic rings. The van der Waals surface area contributed by atoms with Crippen molar-refractivity contribution in [2.45, 2.75) is 94.5 Å². The molecular formula is C41H49N5O11. The van der Waals surface area contributed by atoms with Gasteiger partial charge < -0.3 is 49.8 Å². The molecule has 7 heterocycles. The van der Waals surface area contributed by atoms with E-state index in [2.05, 4.69) is 27.1 Å². The predicted molar refractivity (Wildman–Crippen MR) is 209 cm³/mol. The fraction of sp³-hybridized carbons (Fsp3) is 0.512. The number of benzene rings is 1. The molecule has 0 aliphatic carbocycles. The number of fused-ring (bicyclic) bond motifs is 4. The number of ether oxygens (including phenoxy) is 1. The zero-order valence-corrected chi connectivity index (χ0v) is 32.1. The van der Waals surface area contributed by atoms with E-state index >= 15 is 0 Å². The second-order valence-electron chi connectivity index (χ2n) is 16.0. The molecule has 8 unspecified atom stereocenters. The molecule has 0 saturated carbocycles. The van der Waals surface area contributed by atoms with Crippen LogP contribution in [0.5, 0.6) is 5.75 Å². The minimum atomic E-state index is -2.39. The molecule has 6 aliphatic rings. The molecule has 0 radical (unpaired) electrons. The van der Waals surface area contributed by atoms with E-state index in [0.29, 0.717) is 77.5 Å². The van der Waals surface area contributed by atoms with Crippen molar-refractivity contribution in [3.63, 3.8) is 0 Å². The maximum Gasteiger partial charge on any atom is 0.220 e. The summed E-state index contributed by atoms with van der Waals surface area (Å²) in [5.74, 6) is 1.01. The molecule has 8 rings (SSSR count). The lowest BCUT2D eigenvalue weighted by atomic mass is 9.83. The Balaban J connectivity index is 1.11. The molecule has 8 atom stereocenters. The number of nitrogens with one attached hydrogen (secondary N) is 1. The van der Waals surface area contributed by atoms with Crippen molar-refractivity contribution < 1.29 is 49.3 Å². The first kappa shape index (κ1) is 39.2. The van der Waals surface area contributed by atoms with Crippen molar-refractivity contribution >= 4 is 35.0 Å². The van der Waals surface area contributed by atoms with Crippen LogP contribution >= 0.6 is 0 Å². The first-order valence-corrected chi connectivity index (χ1v) is 19.5. The number of aliphatic imine (C=N–C) groups is 2. The van der Waals surface area contributed by atoms with Gasteiger partial charge in [0.1, 0.15) is 53.7 Å². The highest BCUT2D eigenvalue weighted by Crippen LogP contribution is 2.50. The van der Waals surface area contributed by atoms with Crippen LogP contribution in [0.15, 0.2) is 78.4 Å². The number of hydrogen-bond acceptors (Lipinski definition) is 15. The van der Waals surface area contributed by atoms with Crippen LogP contribution in [0, 0.1) is 12.8 Å². The molecule has 1 amide bonds. The zero-order valence-electron chi connectivity index (χ0n) is 32.1. The van der Waals surface area contributed by atoms with Crippen LogP contribution in [-0.4, -0.2) is 123 Å². The third-order valence-electron chi connectivity index (χ3n) is 12.1. The molecule has 1 aromatic carbocycles. The van der Waals surface area contributed by atoms with Gasteiger partial charge in [-0.2, -0.15) is 0 Å². The van der Waals surface area contributed by atoms with E-state index in [1.165, 1.54) is 6.07 Å². The lowest BCUT2D eigenvalue weighted by Gasteiger charge is -2.44. The number of anilines is 1. The predicted octanol–water partition coefficient (Wildman–Crippen LogP) is 1.45. The van der Waals surface area contributed by atoms with Crippen LogP contribution in [0.25, 0.3) is 11.0 Å². The molecule has 57 heavy (non-hydrogen) atoms. The van der Waals surface area contributed by atoms with E-state index < -0.39 is 48.8 Å². The second kappa shape index (κ2) is 15.2. The maximum absolute atomic E-state index is 13.6. The summed E-state index contributed by atoms with van der Waals surface area (Å²) in [5.41, 5.74) is 1.16. The summed E-state index contributed by atoms with van der Waals surface area (Å²) < 4.78 is 13.4. The Bertz CT molecular complexity index is 2190. The molecule has 1 fully saturated rings. The zero-order chi connectivity index (χ0) is 40.2. The van der Waals surface area contributed by atoms with Crippen molar-refractivity contribution in [1.82, 2.24) is 10.2 Å². The van der Waals surface area contributed by atoms with Gasteiger partial charge in [-0.1, -0.05) is 6.92 Å². The number of aliphatic hydroxyl groups is 5. The lowest BCUT2D eigenvalue weighted by Crippen LogP contribution is -2.63. The number of β-amino-alcohol motifs (C(OH)–C–C–N with tert-alkyl or cyclic N) is 1. The quantitative estimate of drug-likeness (QED) is 0.111. The molecule has 304 valence electrons. The minimum Gasteiger partial charge on any atom is -0.482 e. The highest BCUT2D eigenvalue weighted by atomic mass is 17.2. The van der Waals surface area contributed by atoms with Crippen LogP contribution in [-0.2, 0) is 21.0 Å². The summed E-state index contributed by atoms with van der Waals surface area (Å²) in [4.78, 5) is 50.1. The molecule has 1 aromatic heterocycles. The first-order chi connectivity index (χ1) is 27.3. The summed E-state index contributed by atoms with van der Waals surface area (Å²) >= 11 is 0. The minimum absolute atomic E-state index is 0.0156. The first-order valence-electron chi connectivity index (χ1n) is 19.5. The van der Waals surface area contributed by atoms with Crippen LogP contribution in [0.4, 0.5) is 5.69 Å². The highest BCUT2D eigenvalue weighted by Gasteiger charge is 2.50. The largest absolute Gasteiger partial charge is 0.482 e. The van der Waals surface area contributed by atoms with Gasteiger partial charge in [-0.05, 0) is 63.3 Å². The lowest BCUT2D eigenvalue weighted by molar-refractivity contribution is -0.365.